The first-order valence-corrected chi connectivity index (χ1v) is 12.2. The van der Waals surface area contributed by atoms with E-state index >= 15 is 0 Å². The maximum atomic E-state index is 10.6. The Labute approximate surface area is 145 Å². The van der Waals surface area contributed by atoms with Crippen molar-refractivity contribution in [3.05, 3.63) is 30.3 Å². The molecular weight excluding hydrogens is 348 g/mol. The third kappa shape index (κ3) is 7.09. The van der Waals surface area contributed by atoms with Gasteiger partial charge in [0.25, 0.3) is 0 Å². The van der Waals surface area contributed by atoms with E-state index in [0.29, 0.717) is 11.6 Å². The lowest BCUT2D eigenvalue weighted by Gasteiger charge is -2.30. The molecule has 9 heteroatoms. The highest BCUT2D eigenvalue weighted by Crippen LogP contribution is 2.17. The molecule has 0 saturated heterocycles. The molecule has 0 aliphatic rings. The van der Waals surface area contributed by atoms with Gasteiger partial charge in [0.1, 0.15) is 6.10 Å². The Morgan fingerprint density at radius 2 is 1.75 bits per heavy atom. The van der Waals surface area contributed by atoms with Gasteiger partial charge in [-0.1, -0.05) is 30.3 Å². The Morgan fingerprint density at radius 1 is 1.12 bits per heavy atom. The Bertz CT molecular complexity index is 472. The van der Waals surface area contributed by atoms with Gasteiger partial charge in [-0.25, -0.2) is 0 Å². The molecule has 0 amide bonds. The first kappa shape index (κ1) is 21.4. The summed E-state index contributed by atoms with van der Waals surface area (Å²) in [6.07, 6.45) is -1.35. The number of aliphatic hydroxyl groups is 2. The van der Waals surface area contributed by atoms with E-state index in [1.807, 2.05) is 6.07 Å². The molecule has 0 saturated carbocycles. The zero-order valence-corrected chi connectivity index (χ0v) is 16.4. The summed E-state index contributed by atoms with van der Waals surface area (Å²) in [5.41, 5.74) is 0. The van der Waals surface area contributed by atoms with Gasteiger partial charge < -0.3 is 33.1 Å². The van der Waals surface area contributed by atoms with Crippen molar-refractivity contribution in [3.63, 3.8) is 0 Å². The number of aliphatic hydroxyl groups excluding tert-OH is 2. The van der Waals surface area contributed by atoms with Crippen LogP contribution in [0.3, 0.4) is 0 Å². The number of ether oxygens (including phenoxy) is 1. The minimum Gasteiger partial charge on any atom is -0.408 e. The van der Waals surface area contributed by atoms with Gasteiger partial charge >= 0.3 is 17.4 Å². The van der Waals surface area contributed by atoms with E-state index in [1.165, 1.54) is 14.0 Å². The molecule has 24 heavy (non-hydrogen) atoms. The maximum Gasteiger partial charge on any atom is 0.489 e. The van der Waals surface area contributed by atoms with Crippen LogP contribution in [0.1, 0.15) is 13.3 Å². The molecule has 4 N–H and O–H groups in total. The van der Waals surface area contributed by atoms with Gasteiger partial charge in [-0.15, -0.1) is 0 Å². The van der Waals surface area contributed by atoms with Crippen LogP contribution in [0, 0.1) is 0 Å². The lowest BCUT2D eigenvalue weighted by molar-refractivity contribution is -0.0305. The number of hydrogen-bond donors (Lipinski definition) is 4. The van der Waals surface area contributed by atoms with Crippen LogP contribution in [-0.4, -0.2) is 69.7 Å². The predicted molar refractivity (Wildman–Crippen MR) is 93.9 cm³/mol. The molecule has 1 rings (SSSR count). The fraction of sp³-hybridized carbons (Fsp3) is 0.600. The lowest BCUT2D eigenvalue weighted by atomic mass is 10.2. The van der Waals surface area contributed by atoms with Crippen molar-refractivity contribution >= 4 is 22.6 Å². The highest BCUT2D eigenvalue weighted by Gasteiger charge is 2.45. The molecule has 4 unspecified atom stereocenters. The Morgan fingerprint density at radius 3 is 2.29 bits per heavy atom. The molecule has 0 radical (unpaired) electrons. The molecule has 4 atom stereocenters. The molecule has 0 spiro atoms. The summed E-state index contributed by atoms with van der Waals surface area (Å²) in [5, 5.41) is 19.2. The first-order valence-electron chi connectivity index (χ1n) is 7.89. The number of benzene rings is 1. The van der Waals surface area contributed by atoms with Crippen LogP contribution < -0.4 is 5.19 Å². The van der Waals surface area contributed by atoms with Gasteiger partial charge in [0.15, 0.2) is 0 Å². The van der Waals surface area contributed by atoms with Crippen LogP contribution >= 0.6 is 0 Å². The van der Waals surface area contributed by atoms with Crippen molar-refractivity contribution in [1.82, 2.24) is 0 Å². The van der Waals surface area contributed by atoms with Gasteiger partial charge in [0.2, 0.25) is 0 Å². The van der Waals surface area contributed by atoms with Crippen molar-refractivity contribution in [3.8, 4) is 0 Å². The van der Waals surface area contributed by atoms with Crippen LogP contribution in [0.15, 0.2) is 30.3 Å². The van der Waals surface area contributed by atoms with Crippen molar-refractivity contribution in [2.45, 2.75) is 38.1 Å². The van der Waals surface area contributed by atoms with Crippen LogP contribution in [-0.2, 0) is 13.3 Å². The zero-order valence-electron chi connectivity index (χ0n) is 14.4. The smallest absolute Gasteiger partial charge is 0.408 e. The highest BCUT2D eigenvalue weighted by molar-refractivity contribution is 6.85. The van der Waals surface area contributed by atoms with E-state index in [9.17, 15) is 14.7 Å². The second-order valence-electron chi connectivity index (χ2n) is 5.85. The summed E-state index contributed by atoms with van der Waals surface area (Å²) in [4.78, 5) is 21.1. The van der Waals surface area contributed by atoms with Crippen LogP contribution in [0.5, 0.6) is 0 Å². The molecule has 0 bridgehead atoms. The maximum absolute atomic E-state index is 10.6. The molecular formula is C15H28O7Si2. The van der Waals surface area contributed by atoms with Gasteiger partial charge in [-0.2, -0.15) is 0 Å². The second kappa shape index (κ2) is 9.75. The largest absolute Gasteiger partial charge is 0.489 e. The van der Waals surface area contributed by atoms with Gasteiger partial charge in [0.05, 0.1) is 12.7 Å². The monoisotopic (exact) mass is 376 g/mol. The highest BCUT2D eigenvalue weighted by atomic mass is 28.5. The molecule has 0 aliphatic heterocycles. The lowest BCUT2D eigenvalue weighted by Crippen LogP contribution is -2.58. The van der Waals surface area contributed by atoms with E-state index < -0.39 is 29.6 Å². The molecule has 1 aromatic carbocycles. The van der Waals surface area contributed by atoms with Crippen LogP contribution in [0.4, 0.5) is 0 Å². The molecule has 0 aromatic heterocycles. The first-order chi connectivity index (χ1) is 11.2. The summed E-state index contributed by atoms with van der Waals surface area (Å²) < 4.78 is 16.1. The summed E-state index contributed by atoms with van der Waals surface area (Å²) in [5.74, 6) is 0. The third-order valence-electron chi connectivity index (χ3n) is 3.61. The fourth-order valence-corrected chi connectivity index (χ4v) is 7.36. The Balaban J connectivity index is 2.48. The summed E-state index contributed by atoms with van der Waals surface area (Å²) in [6, 6.07) is 9.19. The fourth-order valence-electron chi connectivity index (χ4n) is 2.05. The minimum atomic E-state index is -3.52. The minimum absolute atomic E-state index is 0.0158. The van der Waals surface area contributed by atoms with E-state index in [4.69, 9.17) is 18.4 Å². The summed E-state index contributed by atoms with van der Waals surface area (Å²) in [7, 11) is -5.42. The average molecular weight is 377 g/mol. The quantitative estimate of drug-likeness (QED) is 0.310. The van der Waals surface area contributed by atoms with Crippen molar-refractivity contribution in [1.29, 1.82) is 0 Å². The average Bonchev–Trinajstić information content (AvgIpc) is 2.54. The Kier molecular flexibility index (Phi) is 8.70. The van der Waals surface area contributed by atoms with E-state index in [2.05, 4.69) is 0 Å². The van der Waals surface area contributed by atoms with Gasteiger partial charge in [-0.05, 0) is 25.1 Å². The SMILES string of the molecule is CO[Si](O)(CCCOCC(O)C(C)O)O[Si](C)(O)c1ccccc1. The predicted octanol–water partition coefficient (Wildman–Crippen LogP) is -0.299. The summed E-state index contributed by atoms with van der Waals surface area (Å²) in [6.45, 7) is 3.37. The standard InChI is InChI=1S/C15H28O7Si2/c1-13(16)15(17)12-21-10-7-11-24(19,20-2)22-23(3,18)14-8-5-4-6-9-14/h4-6,8-9,13,15-19H,7,10-12H2,1-3H3. The topological polar surface area (TPSA) is 109 Å². The molecule has 0 aliphatic carbocycles. The van der Waals surface area contributed by atoms with E-state index in [0.717, 1.165) is 0 Å². The Hall–Kier alpha value is -0.626. The molecule has 0 fully saturated rings. The number of hydrogen-bond acceptors (Lipinski definition) is 7. The van der Waals surface area contributed by atoms with Crippen molar-refractivity contribution in [2.24, 2.45) is 0 Å². The molecule has 1 aromatic rings. The van der Waals surface area contributed by atoms with Gasteiger partial charge in [-0.3, -0.25) is 0 Å². The number of rotatable bonds is 11. The van der Waals surface area contributed by atoms with Crippen molar-refractivity contribution in [2.75, 3.05) is 20.3 Å². The molecule has 7 nitrogen and oxygen atoms in total. The van der Waals surface area contributed by atoms with Crippen molar-refractivity contribution < 1.29 is 33.1 Å². The normalized spacial score (nSPS) is 19.3. The van der Waals surface area contributed by atoms with Crippen LogP contribution in [0.2, 0.25) is 12.6 Å². The second-order valence-corrected chi connectivity index (χ2v) is 11.5. The van der Waals surface area contributed by atoms with Crippen LogP contribution in [0.25, 0.3) is 0 Å². The molecule has 0 heterocycles. The van der Waals surface area contributed by atoms with E-state index in [-0.39, 0.29) is 19.3 Å². The third-order valence-corrected chi connectivity index (χ3v) is 9.51. The van der Waals surface area contributed by atoms with Gasteiger partial charge in [0, 0.05) is 19.8 Å². The summed E-state index contributed by atoms with van der Waals surface area (Å²) >= 11 is 0. The zero-order chi connectivity index (χ0) is 18.2. The van der Waals surface area contributed by atoms with E-state index in [1.54, 1.807) is 30.8 Å². The molecule has 138 valence electrons.